The molecule has 0 spiro atoms. The van der Waals surface area contributed by atoms with Gasteiger partial charge < -0.3 is 15.8 Å². The first kappa shape index (κ1) is 23.5. The van der Waals surface area contributed by atoms with Gasteiger partial charge in [-0.1, -0.05) is 0 Å². The summed E-state index contributed by atoms with van der Waals surface area (Å²) in [6.45, 7) is -1.71. The number of carbonyl (C=O) groups excluding carboxylic acids is 1. The van der Waals surface area contributed by atoms with Crippen LogP contribution in [0.3, 0.4) is 0 Å². The number of halogens is 7. The molecule has 1 aromatic carbocycles. The van der Waals surface area contributed by atoms with Crippen LogP contribution in [0.15, 0.2) is 36.5 Å². The largest absolute Gasteiger partial charge is 0.468 e. The number of anilines is 1. The van der Waals surface area contributed by atoms with Crippen LogP contribution in [0.25, 0.3) is 0 Å². The van der Waals surface area contributed by atoms with Crippen LogP contribution in [0.4, 0.5) is 32.0 Å². The predicted octanol–water partition coefficient (Wildman–Crippen LogP) is 4.17. The maximum absolute atomic E-state index is 12.9. The molecule has 0 unspecified atom stereocenters. The number of rotatable bonds is 5. The van der Waals surface area contributed by atoms with E-state index in [0.29, 0.717) is 0 Å². The lowest BCUT2D eigenvalue weighted by Gasteiger charge is -2.13. The zero-order valence-electron chi connectivity index (χ0n) is 13.9. The van der Waals surface area contributed by atoms with E-state index in [4.69, 9.17) is 5.73 Å². The summed E-state index contributed by atoms with van der Waals surface area (Å²) in [5, 5.41) is 2.27. The molecule has 0 atom stereocenters. The molecule has 0 fully saturated rings. The molecule has 5 nitrogen and oxygen atoms in total. The fourth-order valence-electron chi connectivity index (χ4n) is 2.00. The third-order valence-corrected chi connectivity index (χ3v) is 3.20. The molecule has 1 aromatic heterocycles. The van der Waals surface area contributed by atoms with E-state index in [-0.39, 0.29) is 41.6 Å². The summed E-state index contributed by atoms with van der Waals surface area (Å²) in [5.41, 5.74) is 4.33. The number of nitrogens with one attached hydrogen (secondary N) is 1. The number of amides is 1. The minimum absolute atomic E-state index is 0. The van der Waals surface area contributed by atoms with E-state index in [1.54, 1.807) is 0 Å². The summed E-state index contributed by atoms with van der Waals surface area (Å²) >= 11 is 0. The Bertz CT molecular complexity index is 810. The van der Waals surface area contributed by atoms with Crippen LogP contribution >= 0.6 is 12.4 Å². The number of hydrogen-bond donors (Lipinski definition) is 2. The van der Waals surface area contributed by atoms with Gasteiger partial charge in [0, 0.05) is 24.5 Å². The first-order chi connectivity index (χ1) is 12.5. The van der Waals surface area contributed by atoms with Crippen LogP contribution in [0.2, 0.25) is 0 Å². The quantitative estimate of drug-likeness (QED) is 0.699. The number of pyridine rings is 1. The number of benzene rings is 1. The van der Waals surface area contributed by atoms with E-state index in [9.17, 15) is 31.1 Å². The van der Waals surface area contributed by atoms with Gasteiger partial charge in [0.1, 0.15) is 0 Å². The van der Waals surface area contributed by atoms with Gasteiger partial charge in [-0.3, -0.25) is 4.79 Å². The van der Waals surface area contributed by atoms with Gasteiger partial charge in [0.25, 0.3) is 5.91 Å². The number of aromatic nitrogens is 1. The highest BCUT2D eigenvalue weighted by atomic mass is 35.5. The van der Waals surface area contributed by atoms with E-state index in [0.717, 1.165) is 30.5 Å². The molecular weight excluding hydrogens is 416 g/mol. The smallest absolute Gasteiger partial charge is 0.422 e. The average Bonchev–Trinajstić information content (AvgIpc) is 2.58. The Morgan fingerprint density at radius 2 is 1.79 bits per heavy atom. The van der Waals surface area contributed by atoms with Crippen molar-refractivity contribution in [2.45, 2.75) is 18.9 Å². The van der Waals surface area contributed by atoms with Crippen molar-refractivity contribution < 1.29 is 35.9 Å². The van der Waals surface area contributed by atoms with Gasteiger partial charge in [0.2, 0.25) is 5.88 Å². The van der Waals surface area contributed by atoms with Crippen molar-refractivity contribution >= 4 is 24.0 Å². The van der Waals surface area contributed by atoms with Gasteiger partial charge in [-0.05, 0) is 29.8 Å². The molecule has 1 heterocycles. The second kappa shape index (κ2) is 9.11. The van der Waals surface area contributed by atoms with E-state index in [2.05, 4.69) is 15.0 Å². The molecule has 3 N–H and O–H groups in total. The van der Waals surface area contributed by atoms with Gasteiger partial charge in [0.15, 0.2) is 6.61 Å². The van der Waals surface area contributed by atoms with Crippen LogP contribution < -0.4 is 15.8 Å². The van der Waals surface area contributed by atoms with Crippen LogP contribution in [0.1, 0.15) is 21.5 Å². The zero-order chi connectivity index (χ0) is 20.2. The highest BCUT2D eigenvalue weighted by molar-refractivity contribution is 6.04. The number of alkyl halides is 6. The molecule has 1 amide bonds. The maximum Gasteiger partial charge on any atom is 0.422 e. The van der Waals surface area contributed by atoms with Crippen molar-refractivity contribution in [3.63, 3.8) is 0 Å². The molecule has 0 aliphatic carbocycles. The van der Waals surface area contributed by atoms with E-state index < -0.39 is 30.4 Å². The van der Waals surface area contributed by atoms with Crippen molar-refractivity contribution in [1.29, 1.82) is 0 Å². The van der Waals surface area contributed by atoms with Gasteiger partial charge in [-0.2, -0.15) is 26.3 Å². The lowest BCUT2D eigenvalue weighted by Crippen LogP contribution is -2.20. The Kier molecular flexibility index (Phi) is 7.65. The first-order valence-corrected chi connectivity index (χ1v) is 7.36. The second-order valence-corrected chi connectivity index (χ2v) is 5.36. The normalized spacial score (nSPS) is 11.5. The standard InChI is InChI=1S/C16H13F6N3O2.ClH/c17-15(18,19)8-27-13-2-1-10(7-24-13)14(26)25-12-4-9(6-23)3-11(5-12)16(20,21)22;/h1-5,7H,6,8,23H2,(H,25,26);1H. The van der Waals surface area contributed by atoms with E-state index in [1.807, 2.05) is 0 Å². The summed E-state index contributed by atoms with van der Waals surface area (Å²) in [5.74, 6) is -1.15. The van der Waals surface area contributed by atoms with Crippen molar-refractivity contribution in [1.82, 2.24) is 4.98 Å². The molecule has 0 saturated heterocycles. The van der Waals surface area contributed by atoms with Crippen LogP contribution in [0, 0.1) is 0 Å². The molecular formula is C16H14ClF6N3O2. The number of nitrogens with two attached hydrogens (primary N) is 1. The third-order valence-electron chi connectivity index (χ3n) is 3.20. The molecule has 0 saturated carbocycles. The summed E-state index contributed by atoms with van der Waals surface area (Å²) < 4.78 is 79.3. The zero-order valence-corrected chi connectivity index (χ0v) is 14.7. The Labute approximate surface area is 161 Å². The molecule has 0 bridgehead atoms. The molecule has 2 aromatic rings. The molecule has 12 heteroatoms. The van der Waals surface area contributed by atoms with Crippen molar-refractivity contribution in [3.8, 4) is 5.88 Å². The number of hydrogen-bond acceptors (Lipinski definition) is 4. The van der Waals surface area contributed by atoms with E-state index >= 15 is 0 Å². The Hall–Kier alpha value is -2.53. The number of carbonyl (C=O) groups is 1. The molecule has 28 heavy (non-hydrogen) atoms. The first-order valence-electron chi connectivity index (χ1n) is 7.36. The van der Waals surface area contributed by atoms with Crippen molar-refractivity contribution in [2.75, 3.05) is 11.9 Å². The van der Waals surface area contributed by atoms with Crippen molar-refractivity contribution in [3.05, 3.63) is 53.2 Å². The number of nitrogens with zero attached hydrogens (tertiary/aromatic N) is 1. The van der Waals surface area contributed by atoms with E-state index in [1.165, 1.54) is 6.07 Å². The Balaban J connectivity index is 0.00000392. The lowest BCUT2D eigenvalue weighted by atomic mass is 10.1. The minimum atomic E-state index is -4.62. The van der Waals surface area contributed by atoms with Crippen LogP contribution in [0.5, 0.6) is 5.88 Å². The molecule has 0 aliphatic rings. The fraction of sp³-hybridized carbons (Fsp3) is 0.250. The topological polar surface area (TPSA) is 77.2 Å². The van der Waals surface area contributed by atoms with Crippen molar-refractivity contribution in [2.24, 2.45) is 5.73 Å². The summed E-state index contributed by atoms with van der Waals surface area (Å²) in [7, 11) is 0. The molecule has 0 radical (unpaired) electrons. The monoisotopic (exact) mass is 429 g/mol. The lowest BCUT2D eigenvalue weighted by molar-refractivity contribution is -0.154. The van der Waals surface area contributed by atoms with Gasteiger partial charge >= 0.3 is 12.4 Å². The highest BCUT2D eigenvalue weighted by Crippen LogP contribution is 2.32. The van der Waals surface area contributed by atoms with Crippen LogP contribution in [-0.2, 0) is 12.7 Å². The van der Waals surface area contributed by atoms with Gasteiger partial charge in [-0.15, -0.1) is 12.4 Å². The number of ether oxygens (including phenoxy) is 1. The minimum Gasteiger partial charge on any atom is -0.468 e. The Morgan fingerprint density at radius 1 is 1.11 bits per heavy atom. The predicted molar refractivity (Wildman–Crippen MR) is 90.3 cm³/mol. The van der Waals surface area contributed by atoms with Gasteiger partial charge in [0.05, 0.1) is 11.1 Å². The molecule has 2 rings (SSSR count). The highest BCUT2D eigenvalue weighted by Gasteiger charge is 2.31. The maximum atomic E-state index is 12.9. The third kappa shape index (κ3) is 6.89. The summed E-state index contributed by atoms with van der Waals surface area (Å²) in [6.07, 6.45) is -8.22. The van der Waals surface area contributed by atoms with Crippen LogP contribution in [-0.4, -0.2) is 23.7 Å². The fourth-order valence-corrected chi connectivity index (χ4v) is 2.00. The Morgan fingerprint density at radius 3 is 2.29 bits per heavy atom. The molecule has 0 aliphatic heterocycles. The summed E-state index contributed by atoms with van der Waals surface area (Å²) in [4.78, 5) is 15.7. The van der Waals surface area contributed by atoms with Gasteiger partial charge in [-0.25, -0.2) is 4.98 Å². The SMILES string of the molecule is Cl.NCc1cc(NC(=O)c2ccc(OCC(F)(F)F)nc2)cc(C(F)(F)F)c1. The summed E-state index contributed by atoms with van der Waals surface area (Å²) in [6, 6.07) is 5.06. The molecule has 154 valence electrons. The second-order valence-electron chi connectivity index (χ2n) is 5.36. The average molecular weight is 430 g/mol.